The quantitative estimate of drug-likeness (QED) is 0.593. The van der Waals surface area contributed by atoms with E-state index in [9.17, 15) is 18.8 Å². The summed E-state index contributed by atoms with van der Waals surface area (Å²) in [4.78, 5) is 37.2. The molecule has 31 heavy (non-hydrogen) atoms. The molecule has 0 radical (unpaired) electrons. The molecule has 162 valence electrons. The fraction of sp³-hybridized carbons (Fsp3) is 0.190. The van der Waals surface area contributed by atoms with Gasteiger partial charge in [-0.05, 0) is 54.6 Å². The summed E-state index contributed by atoms with van der Waals surface area (Å²) in [5.41, 5.74) is 5.74. The summed E-state index contributed by atoms with van der Waals surface area (Å²) in [6.07, 6.45) is 1.52. The number of carbonyl (C=O) groups excluding carboxylic acids is 3. The van der Waals surface area contributed by atoms with Gasteiger partial charge in [0.15, 0.2) is 18.1 Å². The van der Waals surface area contributed by atoms with Gasteiger partial charge in [0, 0.05) is 10.6 Å². The van der Waals surface area contributed by atoms with Crippen LogP contribution in [0.4, 0.5) is 9.18 Å². The van der Waals surface area contributed by atoms with Crippen LogP contribution < -0.4 is 15.2 Å². The van der Waals surface area contributed by atoms with E-state index >= 15 is 0 Å². The smallest absolute Gasteiger partial charge is 0.293 e. The lowest BCUT2D eigenvalue weighted by atomic mass is 10.1. The molecule has 0 saturated carbocycles. The Morgan fingerprint density at radius 2 is 2.00 bits per heavy atom. The van der Waals surface area contributed by atoms with Crippen LogP contribution in [0.3, 0.4) is 0 Å². The fourth-order valence-corrected chi connectivity index (χ4v) is 3.84. The molecule has 1 saturated heterocycles. The van der Waals surface area contributed by atoms with E-state index in [2.05, 4.69) is 0 Å². The molecular weight excluding hydrogens is 447 g/mol. The van der Waals surface area contributed by atoms with E-state index in [4.69, 9.17) is 26.8 Å². The number of benzene rings is 2. The Morgan fingerprint density at radius 1 is 1.23 bits per heavy atom. The van der Waals surface area contributed by atoms with Gasteiger partial charge in [0.1, 0.15) is 5.82 Å². The summed E-state index contributed by atoms with van der Waals surface area (Å²) in [5, 5.41) is -0.391. The van der Waals surface area contributed by atoms with Gasteiger partial charge in [-0.15, -0.1) is 0 Å². The zero-order valence-corrected chi connectivity index (χ0v) is 18.0. The topological polar surface area (TPSA) is 98.9 Å². The number of imide groups is 1. The highest BCUT2D eigenvalue weighted by Gasteiger charge is 2.36. The Hall–Kier alpha value is -3.04. The molecule has 0 atom stereocenters. The minimum atomic E-state index is -0.629. The van der Waals surface area contributed by atoms with Crippen molar-refractivity contribution in [2.45, 2.75) is 13.5 Å². The van der Waals surface area contributed by atoms with Crippen LogP contribution in [0.25, 0.3) is 6.08 Å². The van der Waals surface area contributed by atoms with Crippen LogP contribution in [0.5, 0.6) is 11.5 Å². The van der Waals surface area contributed by atoms with Crippen LogP contribution in [0, 0.1) is 5.82 Å². The molecule has 2 aromatic carbocycles. The maximum Gasteiger partial charge on any atom is 0.293 e. The van der Waals surface area contributed by atoms with Crippen LogP contribution in [-0.2, 0) is 16.1 Å². The molecule has 1 aliphatic rings. The lowest BCUT2D eigenvalue weighted by Crippen LogP contribution is -2.28. The molecule has 3 amide bonds. The third kappa shape index (κ3) is 5.36. The van der Waals surface area contributed by atoms with Gasteiger partial charge in [0.2, 0.25) is 0 Å². The van der Waals surface area contributed by atoms with Crippen molar-refractivity contribution in [3.63, 3.8) is 0 Å². The second kappa shape index (κ2) is 9.84. The molecule has 1 aliphatic heterocycles. The van der Waals surface area contributed by atoms with Gasteiger partial charge in [0.25, 0.3) is 17.1 Å². The van der Waals surface area contributed by atoms with Gasteiger partial charge in [-0.25, -0.2) is 4.39 Å². The van der Waals surface area contributed by atoms with Crippen molar-refractivity contribution in [1.29, 1.82) is 0 Å². The summed E-state index contributed by atoms with van der Waals surface area (Å²) in [6.45, 7) is 1.55. The highest BCUT2D eigenvalue weighted by atomic mass is 35.5. The number of ether oxygens (including phenoxy) is 2. The third-order valence-corrected chi connectivity index (χ3v) is 5.45. The second-order valence-electron chi connectivity index (χ2n) is 6.36. The van der Waals surface area contributed by atoms with Crippen LogP contribution in [0.2, 0.25) is 5.02 Å². The van der Waals surface area contributed by atoms with Crippen LogP contribution in [-0.4, -0.2) is 35.2 Å². The zero-order valence-electron chi connectivity index (χ0n) is 16.4. The maximum absolute atomic E-state index is 14.1. The van der Waals surface area contributed by atoms with Crippen LogP contribution in [0.1, 0.15) is 18.1 Å². The van der Waals surface area contributed by atoms with Gasteiger partial charge in [-0.1, -0.05) is 23.7 Å². The number of hydrogen-bond donors (Lipinski definition) is 1. The standard InChI is InChI=1S/C21H18ClFN2O5S/c1-2-29-17-8-12(6-7-16(17)30-11-19(24)26)9-18-20(27)25(21(28)31-18)10-13-14(22)4-3-5-15(13)23/h3-9H,2,10-11H2,1H3,(H2,24,26)/b18-9-. The average Bonchev–Trinajstić information content (AvgIpc) is 2.97. The molecule has 0 aliphatic carbocycles. The Bertz CT molecular complexity index is 1060. The van der Waals surface area contributed by atoms with Crippen LogP contribution in [0.15, 0.2) is 41.3 Å². The number of hydrogen-bond acceptors (Lipinski definition) is 6. The number of nitrogens with two attached hydrogens (primary N) is 1. The van der Waals surface area contributed by atoms with E-state index in [0.29, 0.717) is 23.7 Å². The van der Waals surface area contributed by atoms with E-state index in [0.717, 1.165) is 16.7 Å². The van der Waals surface area contributed by atoms with Crippen molar-refractivity contribution in [1.82, 2.24) is 4.90 Å². The Kier molecular flexibility index (Phi) is 7.19. The molecule has 0 unspecified atom stereocenters. The second-order valence-corrected chi connectivity index (χ2v) is 7.76. The van der Waals surface area contributed by atoms with E-state index in [1.54, 1.807) is 25.1 Å². The monoisotopic (exact) mass is 464 g/mol. The highest BCUT2D eigenvalue weighted by Crippen LogP contribution is 2.36. The lowest BCUT2D eigenvalue weighted by Gasteiger charge is -2.14. The van der Waals surface area contributed by atoms with E-state index < -0.39 is 22.9 Å². The van der Waals surface area contributed by atoms with Crippen molar-refractivity contribution in [3.05, 3.63) is 63.3 Å². The number of nitrogens with zero attached hydrogens (tertiary/aromatic N) is 1. The van der Waals surface area contributed by atoms with Crippen molar-refractivity contribution in [2.75, 3.05) is 13.2 Å². The number of amides is 3. The number of rotatable bonds is 8. The largest absolute Gasteiger partial charge is 0.490 e. The van der Waals surface area contributed by atoms with E-state index in [1.807, 2.05) is 0 Å². The Labute approximate surface area is 186 Å². The van der Waals surface area contributed by atoms with Crippen LogP contribution >= 0.6 is 23.4 Å². The third-order valence-electron chi connectivity index (χ3n) is 4.19. The van der Waals surface area contributed by atoms with Crippen molar-refractivity contribution < 1.29 is 28.2 Å². The fourth-order valence-electron chi connectivity index (χ4n) is 2.78. The summed E-state index contributed by atoms with van der Waals surface area (Å²) >= 11 is 6.76. The molecule has 2 aromatic rings. The first-order chi connectivity index (χ1) is 14.8. The predicted octanol–water partition coefficient (Wildman–Crippen LogP) is 3.98. The molecule has 0 bridgehead atoms. The average molecular weight is 465 g/mol. The number of primary amides is 1. The number of carbonyl (C=O) groups is 3. The van der Waals surface area contributed by atoms with Gasteiger partial charge in [-0.3, -0.25) is 19.3 Å². The highest BCUT2D eigenvalue weighted by molar-refractivity contribution is 8.18. The van der Waals surface area contributed by atoms with Crippen molar-refractivity contribution in [3.8, 4) is 11.5 Å². The molecular formula is C21H18ClFN2O5S. The molecule has 0 aromatic heterocycles. The SMILES string of the molecule is CCOc1cc(/C=C2\SC(=O)N(Cc3c(F)cccc3Cl)C2=O)ccc1OCC(N)=O. The van der Waals surface area contributed by atoms with Crippen molar-refractivity contribution >= 4 is 46.5 Å². The Morgan fingerprint density at radius 3 is 2.68 bits per heavy atom. The summed E-state index contributed by atoms with van der Waals surface area (Å²) in [6, 6.07) is 8.98. The first kappa shape index (κ1) is 22.6. The minimum Gasteiger partial charge on any atom is -0.490 e. The molecule has 2 N–H and O–H groups in total. The predicted molar refractivity (Wildman–Crippen MR) is 115 cm³/mol. The molecule has 1 fully saturated rings. The van der Waals surface area contributed by atoms with Crippen molar-refractivity contribution in [2.24, 2.45) is 5.73 Å². The number of halogens is 2. The van der Waals surface area contributed by atoms with Gasteiger partial charge < -0.3 is 15.2 Å². The Balaban J connectivity index is 1.83. The van der Waals surface area contributed by atoms with Gasteiger partial charge >= 0.3 is 0 Å². The molecule has 1 heterocycles. The molecule has 0 spiro atoms. The summed E-state index contributed by atoms with van der Waals surface area (Å²) in [7, 11) is 0. The normalized spacial score (nSPS) is 14.9. The minimum absolute atomic E-state index is 0.0716. The van der Waals surface area contributed by atoms with E-state index in [-0.39, 0.29) is 28.6 Å². The first-order valence-electron chi connectivity index (χ1n) is 9.16. The summed E-state index contributed by atoms with van der Waals surface area (Å²) < 4.78 is 24.9. The number of thioether (sulfide) groups is 1. The molecule has 3 rings (SSSR count). The first-order valence-corrected chi connectivity index (χ1v) is 10.4. The molecule has 10 heteroatoms. The van der Waals surface area contributed by atoms with Gasteiger partial charge in [-0.2, -0.15) is 0 Å². The zero-order chi connectivity index (χ0) is 22.5. The van der Waals surface area contributed by atoms with E-state index in [1.165, 1.54) is 24.3 Å². The maximum atomic E-state index is 14.1. The molecule has 7 nitrogen and oxygen atoms in total. The summed E-state index contributed by atoms with van der Waals surface area (Å²) in [5.74, 6) is -1.10. The van der Waals surface area contributed by atoms with Gasteiger partial charge in [0.05, 0.1) is 18.1 Å². The lowest BCUT2D eigenvalue weighted by molar-refractivity contribution is -0.123.